The number of nitrogens with zero attached hydrogens (tertiary/aromatic N) is 1. The first-order valence-electron chi connectivity index (χ1n) is 6.05. The van der Waals surface area contributed by atoms with Crippen molar-refractivity contribution in [2.45, 2.75) is 25.8 Å². The summed E-state index contributed by atoms with van der Waals surface area (Å²) in [7, 11) is 6.27. The standard InChI is InChI=1S/C14H24N2/c1-5-12-6-8-13(9-7-12)10-14(15-2)11-16(3)4/h6-9,14-15H,5,10-11H2,1-4H3. The van der Waals surface area contributed by atoms with Crippen molar-refractivity contribution < 1.29 is 0 Å². The van der Waals surface area contributed by atoms with Crippen molar-refractivity contribution in [1.82, 2.24) is 10.2 Å². The van der Waals surface area contributed by atoms with E-state index in [1.165, 1.54) is 11.1 Å². The fourth-order valence-corrected chi connectivity index (χ4v) is 1.89. The molecule has 1 atom stereocenters. The Hall–Kier alpha value is -0.860. The van der Waals surface area contributed by atoms with Crippen molar-refractivity contribution in [2.24, 2.45) is 0 Å². The van der Waals surface area contributed by atoms with Gasteiger partial charge in [-0.25, -0.2) is 0 Å². The molecule has 1 N–H and O–H groups in total. The topological polar surface area (TPSA) is 15.3 Å². The Bertz CT molecular complexity index is 290. The van der Waals surface area contributed by atoms with Gasteiger partial charge in [0.15, 0.2) is 0 Å². The van der Waals surface area contributed by atoms with Gasteiger partial charge in [0.2, 0.25) is 0 Å². The minimum atomic E-state index is 0.530. The third-order valence-corrected chi connectivity index (χ3v) is 2.91. The molecular formula is C14H24N2. The van der Waals surface area contributed by atoms with Gasteiger partial charge in [-0.1, -0.05) is 31.2 Å². The second-order valence-electron chi connectivity index (χ2n) is 4.62. The lowest BCUT2D eigenvalue weighted by Crippen LogP contribution is -2.37. The normalized spacial score (nSPS) is 13.1. The van der Waals surface area contributed by atoms with Crippen LogP contribution in [0.25, 0.3) is 0 Å². The molecule has 0 bridgehead atoms. The Morgan fingerprint density at radius 2 is 1.69 bits per heavy atom. The molecule has 90 valence electrons. The molecule has 0 saturated carbocycles. The summed E-state index contributed by atoms with van der Waals surface area (Å²) in [6.07, 6.45) is 2.21. The summed E-state index contributed by atoms with van der Waals surface area (Å²) in [5.41, 5.74) is 2.83. The Kier molecular flexibility index (Phi) is 5.50. The summed E-state index contributed by atoms with van der Waals surface area (Å²) in [4.78, 5) is 2.22. The molecule has 0 heterocycles. The number of rotatable bonds is 6. The molecule has 16 heavy (non-hydrogen) atoms. The highest BCUT2D eigenvalue weighted by atomic mass is 15.1. The largest absolute Gasteiger partial charge is 0.315 e. The quantitative estimate of drug-likeness (QED) is 0.788. The zero-order valence-corrected chi connectivity index (χ0v) is 11.0. The Morgan fingerprint density at radius 1 is 1.12 bits per heavy atom. The van der Waals surface area contributed by atoms with Gasteiger partial charge in [-0.05, 0) is 45.1 Å². The third kappa shape index (κ3) is 4.33. The van der Waals surface area contributed by atoms with Crippen LogP contribution >= 0.6 is 0 Å². The number of nitrogens with one attached hydrogen (secondary N) is 1. The SMILES string of the molecule is CCc1ccc(CC(CN(C)C)NC)cc1. The predicted octanol–water partition coefficient (Wildman–Crippen LogP) is 1.94. The zero-order chi connectivity index (χ0) is 12.0. The van der Waals surface area contributed by atoms with Gasteiger partial charge < -0.3 is 10.2 Å². The van der Waals surface area contributed by atoms with E-state index in [1.54, 1.807) is 0 Å². The molecule has 0 aliphatic heterocycles. The van der Waals surface area contributed by atoms with Crippen molar-refractivity contribution in [3.63, 3.8) is 0 Å². The second-order valence-corrected chi connectivity index (χ2v) is 4.62. The Balaban J connectivity index is 2.56. The fourth-order valence-electron chi connectivity index (χ4n) is 1.89. The maximum atomic E-state index is 3.37. The van der Waals surface area contributed by atoms with Gasteiger partial charge in [-0.15, -0.1) is 0 Å². The maximum absolute atomic E-state index is 3.37. The number of likely N-dealkylation sites (N-methyl/N-ethyl adjacent to an activating group) is 2. The molecule has 1 aromatic carbocycles. The molecule has 0 aromatic heterocycles. The van der Waals surface area contributed by atoms with Crippen LogP contribution < -0.4 is 5.32 Å². The minimum Gasteiger partial charge on any atom is -0.315 e. The monoisotopic (exact) mass is 220 g/mol. The van der Waals surface area contributed by atoms with Crippen molar-refractivity contribution in [3.8, 4) is 0 Å². The van der Waals surface area contributed by atoms with Gasteiger partial charge >= 0.3 is 0 Å². The summed E-state index contributed by atoms with van der Waals surface area (Å²) in [6, 6.07) is 9.50. The van der Waals surface area contributed by atoms with E-state index >= 15 is 0 Å². The summed E-state index contributed by atoms with van der Waals surface area (Å²) >= 11 is 0. The predicted molar refractivity (Wildman–Crippen MR) is 70.9 cm³/mol. The van der Waals surface area contributed by atoms with Gasteiger partial charge in [0, 0.05) is 12.6 Å². The molecule has 0 spiro atoms. The van der Waals surface area contributed by atoms with E-state index in [2.05, 4.69) is 55.5 Å². The van der Waals surface area contributed by atoms with Crippen LogP contribution in [0, 0.1) is 0 Å². The molecule has 0 fully saturated rings. The number of aryl methyl sites for hydroxylation is 1. The van der Waals surface area contributed by atoms with E-state index in [9.17, 15) is 0 Å². The van der Waals surface area contributed by atoms with Crippen LogP contribution in [0.5, 0.6) is 0 Å². The average Bonchev–Trinajstić information content (AvgIpc) is 2.28. The van der Waals surface area contributed by atoms with Gasteiger partial charge in [0.25, 0.3) is 0 Å². The van der Waals surface area contributed by atoms with Gasteiger partial charge in [-0.2, -0.15) is 0 Å². The zero-order valence-electron chi connectivity index (χ0n) is 11.0. The summed E-state index contributed by atoms with van der Waals surface area (Å²) in [6.45, 7) is 3.27. The third-order valence-electron chi connectivity index (χ3n) is 2.91. The number of benzene rings is 1. The first-order chi connectivity index (χ1) is 7.65. The molecule has 1 aromatic rings. The highest BCUT2D eigenvalue weighted by Gasteiger charge is 2.07. The lowest BCUT2D eigenvalue weighted by Gasteiger charge is -2.20. The molecule has 0 amide bonds. The van der Waals surface area contributed by atoms with E-state index in [-0.39, 0.29) is 0 Å². The van der Waals surface area contributed by atoms with E-state index in [1.807, 2.05) is 7.05 Å². The molecule has 2 heteroatoms. The van der Waals surface area contributed by atoms with Gasteiger partial charge in [-0.3, -0.25) is 0 Å². The molecule has 1 rings (SSSR count). The highest BCUT2D eigenvalue weighted by Crippen LogP contribution is 2.07. The smallest absolute Gasteiger partial charge is 0.0232 e. The number of hydrogen-bond acceptors (Lipinski definition) is 2. The number of hydrogen-bond donors (Lipinski definition) is 1. The Labute approximate surface area is 99.7 Å². The van der Waals surface area contributed by atoms with Crippen molar-refractivity contribution in [3.05, 3.63) is 35.4 Å². The highest BCUT2D eigenvalue weighted by molar-refractivity contribution is 5.23. The van der Waals surface area contributed by atoms with Crippen LogP contribution in [0.4, 0.5) is 0 Å². The van der Waals surface area contributed by atoms with E-state index in [4.69, 9.17) is 0 Å². The first-order valence-corrected chi connectivity index (χ1v) is 6.05. The minimum absolute atomic E-state index is 0.530. The van der Waals surface area contributed by atoms with Crippen molar-refractivity contribution in [2.75, 3.05) is 27.7 Å². The maximum Gasteiger partial charge on any atom is 0.0232 e. The van der Waals surface area contributed by atoms with Gasteiger partial charge in [0.05, 0.1) is 0 Å². The van der Waals surface area contributed by atoms with Crippen molar-refractivity contribution >= 4 is 0 Å². The molecular weight excluding hydrogens is 196 g/mol. The van der Waals surface area contributed by atoms with Crippen molar-refractivity contribution in [1.29, 1.82) is 0 Å². The summed E-state index contributed by atoms with van der Waals surface area (Å²) < 4.78 is 0. The van der Waals surface area contributed by atoms with Crippen LogP contribution in [0.15, 0.2) is 24.3 Å². The molecule has 2 nitrogen and oxygen atoms in total. The fraction of sp³-hybridized carbons (Fsp3) is 0.571. The summed E-state index contributed by atoms with van der Waals surface area (Å²) in [5, 5.41) is 3.37. The summed E-state index contributed by atoms with van der Waals surface area (Å²) in [5.74, 6) is 0. The van der Waals surface area contributed by atoms with Crippen LogP contribution in [-0.2, 0) is 12.8 Å². The van der Waals surface area contributed by atoms with Gasteiger partial charge in [0.1, 0.15) is 0 Å². The lowest BCUT2D eigenvalue weighted by molar-refractivity contribution is 0.346. The van der Waals surface area contributed by atoms with E-state index < -0.39 is 0 Å². The van der Waals surface area contributed by atoms with Crippen LogP contribution in [0.1, 0.15) is 18.1 Å². The first kappa shape index (κ1) is 13.2. The molecule has 1 unspecified atom stereocenters. The molecule has 0 saturated heterocycles. The molecule has 0 aliphatic carbocycles. The van der Waals surface area contributed by atoms with E-state index in [0.717, 1.165) is 19.4 Å². The molecule has 0 radical (unpaired) electrons. The Morgan fingerprint density at radius 3 is 2.12 bits per heavy atom. The molecule has 0 aliphatic rings. The second kappa shape index (κ2) is 6.66. The average molecular weight is 220 g/mol. The lowest BCUT2D eigenvalue weighted by atomic mass is 10.0. The van der Waals surface area contributed by atoms with E-state index in [0.29, 0.717) is 6.04 Å². The van der Waals surface area contributed by atoms with Crippen LogP contribution in [0.3, 0.4) is 0 Å². The van der Waals surface area contributed by atoms with Crippen LogP contribution in [0.2, 0.25) is 0 Å². The van der Waals surface area contributed by atoms with Crippen LogP contribution in [-0.4, -0.2) is 38.6 Å².